The Hall–Kier alpha value is -1.60. The standard InChI is InChI=1S/C10H16ClN5O2/c1-12-10-15-5-7(11)9(16-10)14-6-8(17)13-3-4-18-2/h5H,3-4,6H2,1-2H3,(H,13,17)(H2,12,14,15,16). The molecule has 8 heteroatoms. The lowest BCUT2D eigenvalue weighted by Crippen LogP contribution is -2.32. The second-order valence-corrected chi connectivity index (χ2v) is 3.74. The van der Waals surface area contributed by atoms with Crippen molar-refractivity contribution >= 4 is 29.3 Å². The van der Waals surface area contributed by atoms with Crippen molar-refractivity contribution < 1.29 is 9.53 Å². The minimum Gasteiger partial charge on any atom is -0.383 e. The van der Waals surface area contributed by atoms with E-state index < -0.39 is 0 Å². The van der Waals surface area contributed by atoms with Crippen molar-refractivity contribution in [1.82, 2.24) is 15.3 Å². The molecule has 7 nitrogen and oxygen atoms in total. The van der Waals surface area contributed by atoms with Crippen LogP contribution in [-0.2, 0) is 9.53 Å². The number of hydrogen-bond donors (Lipinski definition) is 3. The molecular weight excluding hydrogens is 258 g/mol. The van der Waals surface area contributed by atoms with E-state index >= 15 is 0 Å². The number of nitrogens with one attached hydrogen (secondary N) is 3. The fourth-order valence-corrected chi connectivity index (χ4v) is 1.29. The summed E-state index contributed by atoms with van der Waals surface area (Å²) in [6.45, 7) is 1.03. The van der Waals surface area contributed by atoms with Crippen LogP contribution in [0.3, 0.4) is 0 Å². The smallest absolute Gasteiger partial charge is 0.239 e. The summed E-state index contributed by atoms with van der Waals surface area (Å²) < 4.78 is 4.82. The lowest BCUT2D eigenvalue weighted by atomic mass is 10.5. The van der Waals surface area contributed by atoms with Crippen LogP contribution in [0.15, 0.2) is 6.20 Å². The Morgan fingerprint density at radius 3 is 3.00 bits per heavy atom. The lowest BCUT2D eigenvalue weighted by molar-refractivity contribution is -0.119. The summed E-state index contributed by atoms with van der Waals surface area (Å²) in [5.74, 6) is 0.687. The maximum Gasteiger partial charge on any atom is 0.239 e. The van der Waals surface area contributed by atoms with Gasteiger partial charge in [0.15, 0.2) is 5.82 Å². The Balaban J connectivity index is 2.45. The molecule has 1 heterocycles. The van der Waals surface area contributed by atoms with Crippen molar-refractivity contribution in [3.63, 3.8) is 0 Å². The van der Waals surface area contributed by atoms with Gasteiger partial charge in [-0.2, -0.15) is 4.98 Å². The number of nitrogens with zero attached hydrogens (tertiary/aromatic N) is 2. The molecule has 3 N–H and O–H groups in total. The van der Waals surface area contributed by atoms with Gasteiger partial charge >= 0.3 is 0 Å². The Labute approximate surface area is 110 Å². The van der Waals surface area contributed by atoms with Crippen LogP contribution in [-0.4, -0.2) is 49.7 Å². The number of amides is 1. The molecule has 1 aromatic rings. The molecule has 0 aliphatic carbocycles. The molecule has 0 saturated carbocycles. The van der Waals surface area contributed by atoms with E-state index in [1.807, 2.05) is 0 Å². The van der Waals surface area contributed by atoms with Crippen molar-refractivity contribution in [3.05, 3.63) is 11.2 Å². The average molecular weight is 274 g/mol. The third-order valence-corrected chi connectivity index (χ3v) is 2.29. The molecule has 1 amide bonds. The second kappa shape index (κ2) is 7.67. The van der Waals surface area contributed by atoms with Crippen LogP contribution < -0.4 is 16.0 Å². The molecule has 0 saturated heterocycles. The summed E-state index contributed by atoms with van der Waals surface area (Å²) in [6.07, 6.45) is 1.46. The molecule has 100 valence electrons. The van der Waals surface area contributed by atoms with E-state index in [0.717, 1.165) is 0 Å². The molecule has 0 radical (unpaired) electrons. The molecule has 1 rings (SSSR count). The number of methoxy groups -OCH3 is 1. The second-order valence-electron chi connectivity index (χ2n) is 3.34. The molecule has 0 aromatic carbocycles. The third kappa shape index (κ3) is 4.72. The number of carbonyl (C=O) groups is 1. The van der Waals surface area contributed by atoms with Gasteiger partial charge in [-0.25, -0.2) is 4.98 Å². The summed E-state index contributed by atoms with van der Waals surface area (Å²) in [5.41, 5.74) is 0. The van der Waals surface area contributed by atoms with Crippen LogP contribution in [0.5, 0.6) is 0 Å². The van der Waals surface area contributed by atoms with E-state index in [1.54, 1.807) is 14.2 Å². The van der Waals surface area contributed by atoms with Crippen LogP contribution >= 0.6 is 11.6 Å². The van der Waals surface area contributed by atoms with E-state index in [9.17, 15) is 4.79 Å². The van der Waals surface area contributed by atoms with Gasteiger partial charge in [-0.05, 0) is 0 Å². The van der Waals surface area contributed by atoms with Gasteiger partial charge in [0.1, 0.15) is 5.02 Å². The number of anilines is 2. The van der Waals surface area contributed by atoms with Crippen LogP contribution in [0.2, 0.25) is 5.02 Å². The van der Waals surface area contributed by atoms with Crippen molar-refractivity contribution in [2.45, 2.75) is 0 Å². The Morgan fingerprint density at radius 2 is 2.33 bits per heavy atom. The number of aromatic nitrogens is 2. The first-order valence-corrected chi connectivity index (χ1v) is 5.75. The van der Waals surface area contributed by atoms with E-state index in [1.165, 1.54) is 6.20 Å². The van der Waals surface area contributed by atoms with Crippen LogP contribution in [0.1, 0.15) is 0 Å². The molecule has 0 aliphatic rings. The molecule has 0 aliphatic heterocycles. The molecule has 1 aromatic heterocycles. The van der Waals surface area contributed by atoms with Gasteiger partial charge in [0.2, 0.25) is 11.9 Å². The van der Waals surface area contributed by atoms with Gasteiger partial charge in [-0.3, -0.25) is 4.79 Å². The predicted molar refractivity (Wildman–Crippen MR) is 70.0 cm³/mol. The van der Waals surface area contributed by atoms with Gasteiger partial charge in [-0.1, -0.05) is 11.6 Å². The van der Waals surface area contributed by atoms with Gasteiger partial charge in [-0.15, -0.1) is 0 Å². The maximum atomic E-state index is 11.4. The number of halogens is 1. The van der Waals surface area contributed by atoms with E-state index in [0.29, 0.717) is 29.9 Å². The SMILES string of the molecule is CNc1ncc(Cl)c(NCC(=O)NCCOC)n1. The van der Waals surface area contributed by atoms with Gasteiger partial charge in [0.25, 0.3) is 0 Å². The maximum absolute atomic E-state index is 11.4. The molecular formula is C10H16ClN5O2. The minimum atomic E-state index is -0.160. The summed E-state index contributed by atoms with van der Waals surface area (Å²) in [5, 5.41) is 8.66. The molecule has 0 fully saturated rings. The zero-order valence-corrected chi connectivity index (χ0v) is 11.0. The molecule has 0 bridgehead atoms. The largest absolute Gasteiger partial charge is 0.383 e. The average Bonchev–Trinajstić information content (AvgIpc) is 2.38. The van der Waals surface area contributed by atoms with E-state index in [-0.39, 0.29) is 12.5 Å². The molecule has 0 unspecified atom stereocenters. The van der Waals surface area contributed by atoms with Crippen molar-refractivity contribution in [1.29, 1.82) is 0 Å². The zero-order chi connectivity index (χ0) is 13.4. The number of ether oxygens (including phenoxy) is 1. The molecule has 0 spiro atoms. The number of carbonyl (C=O) groups excluding carboxylic acids is 1. The quantitative estimate of drug-likeness (QED) is 0.621. The summed E-state index contributed by atoms with van der Waals surface area (Å²) >= 11 is 5.90. The van der Waals surface area contributed by atoms with Crippen LogP contribution in [0.25, 0.3) is 0 Å². The molecule has 18 heavy (non-hydrogen) atoms. The van der Waals surface area contributed by atoms with Crippen molar-refractivity contribution in [3.8, 4) is 0 Å². The lowest BCUT2D eigenvalue weighted by Gasteiger charge is -2.09. The monoisotopic (exact) mass is 273 g/mol. The van der Waals surface area contributed by atoms with Gasteiger partial charge in [0, 0.05) is 20.7 Å². The highest BCUT2D eigenvalue weighted by Gasteiger charge is 2.06. The minimum absolute atomic E-state index is 0.0869. The van der Waals surface area contributed by atoms with Crippen LogP contribution in [0.4, 0.5) is 11.8 Å². The first kappa shape index (κ1) is 14.5. The third-order valence-electron chi connectivity index (χ3n) is 2.01. The summed E-state index contributed by atoms with van der Waals surface area (Å²) in [6, 6.07) is 0. The number of rotatable bonds is 7. The predicted octanol–water partition coefficient (Wildman–Crippen LogP) is 0.346. The Bertz CT molecular complexity index is 402. The Morgan fingerprint density at radius 1 is 1.56 bits per heavy atom. The topological polar surface area (TPSA) is 88.2 Å². The summed E-state index contributed by atoms with van der Waals surface area (Å²) in [7, 11) is 3.27. The van der Waals surface area contributed by atoms with E-state index in [4.69, 9.17) is 16.3 Å². The van der Waals surface area contributed by atoms with E-state index in [2.05, 4.69) is 25.9 Å². The van der Waals surface area contributed by atoms with Gasteiger partial charge in [0.05, 0.1) is 19.3 Å². The highest BCUT2D eigenvalue weighted by Crippen LogP contribution is 2.18. The first-order valence-electron chi connectivity index (χ1n) is 5.37. The highest BCUT2D eigenvalue weighted by molar-refractivity contribution is 6.32. The normalized spacial score (nSPS) is 9.94. The fourth-order valence-electron chi connectivity index (χ4n) is 1.13. The van der Waals surface area contributed by atoms with Crippen molar-refractivity contribution in [2.24, 2.45) is 0 Å². The first-order chi connectivity index (χ1) is 8.67. The zero-order valence-electron chi connectivity index (χ0n) is 10.3. The summed E-state index contributed by atoms with van der Waals surface area (Å²) in [4.78, 5) is 19.4. The molecule has 0 atom stereocenters. The highest BCUT2D eigenvalue weighted by atomic mass is 35.5. The van der Waals surface area contributed by atoms with Gasteiger partial charge < -0.3 is 20.7 Å². The van der Waals surface area contributed by atoms with Crippen LogP contribution in [0, 0.1) is 0 Å². The van der Waals surface area contributed by atoms with Crippen molar-refractivity contribution in [2.75, 3.05) is 44.5 Å². The Kier molecular flexibility index (Phi) is 6.16. The fraction of sp³-hybridized carbons (Fsp3) is 0.500. The number of hydrogen-bond acceptors (Lipinski definition) is 6.